The van der Waals surface area contributed by atoms with Gasteiger partial charge >= 0.3 is 7.12 Å². The van der Waals surface area contributed by atoms with Crippen molar-refractivity contribution in [3.8, 4) is 0 Å². The van der Waals surface area contributed by atoms with Gasteiger partial charge in [0.1, 0.15) is 6.04 Å². The summed E-state index contributed by atoms with van der Waals surface area (Å²) in [6.07, 6.45) is 4.00. The molecule has 5 rings (SSSR count). The third-order valence-corrected chi connectivity index (χ3v) is 8.69. The van der Waals surface area contributed by atoms with Crippen molar-refractivity contribution in [1.29, 1.82) is 0 Å². The van der Waals surface area contributed by atoms with E-state index in [1.54, 1.807) is 0 Å². The van der Waals surface area contributed by atoms with Gasteiger partial charge in [-0.2, -0.15) is 0 Å². The van der Waals surface area contributed by atoms with Crippen LogP contribution < -0.4 is 16.4 Å². The van der Waals surface area contributed by atoms with Gasteiger partial charge in [0.05, 0.1) is 17.6 Å². The number of amides is 2. The van der Waals surface area contributed by atoms with Crippen molar-refractivity contribution in [2.45, 2.75) is 90.4 Å². The molecule has 1 saturated heterocycles. The number of hydrogen-bond acceptors (Lipinski definition) is 5. The Morgan fingerprint density at radius 3 is 2.54 bits per heavy atom. The van der Waals surface area contributed by atoms with E-state index in [9.17, 15) is 9.59 Å². The van der Waals surface area contributed by atoms with E-state index >= 15 is 0 Å². The Labute approximate surface area is 210 Å². The number of rotatable bonds is 10. The maximum atomic E-state index is 13.0. The molecule has 6 atom stereocenters. The number of nitrogens with two attached hydrogens (primary N) is 1. The predicted molar refractivity (Wildman–Crippen MR) is 137 cm³/mol. The first-order chi connectivity index (χ1) is 16.5. The summed E-state index contributed by atoms with van der Waals surface area (Å²) < 4.78 is 13.0. The van der Waals surface area contributed by atoms with E-state index in [0.29, 0.717) is 30.6 Å². The van der Waals surface area contributed by atoms with E-state index in [0.717, 1.165) is 18.4 Å². The molecule has 8 heteroatoms. The maximum absolute atomic E-state index is 13.0. The molecular formula is C27H42BN3O4. The zero-order valence-electron chi connectivity index (χ0n) is 21.9. The van der Waals surface area contributed by atoms with E-state index in [4.69, 9.17) is 15.0 Å². The lowest BCUT2D eigenvalue weighted by Crippen LogP contribution is -2.65. The van der Waals surface area contributed by atoms with Crippen molar-refractivity contribution in [3.63, 3.8) is 0 Å². The molecule has 0 spiro atoms. The highest BCUT2D eigenvalue weighted by atomic mass is 16.7. The van der Waals surface area contributed by atoms with Gasteiger partial charge in [0, 0.05) is 13.0 Å². The third-order valence-electron chi connectivity index (χ3n) is 8.69. The summed E-state index contributed by atoms with van der Waals surface area (Å²) in [5, 5.41) is 5.88. The van der Waals surface area contributed by atoms with Crippen molar-refractivity contribution >= 4 is 18.9 Å². The summed E-state index contributed by atoms with van der Waals surface area (Å²) in [7, 11) is -0.487. The van der Waals surface area contributed by atoms with Crippen LogP contribution in [0.4, 0.5) is 0 Å². The van der Waals surface area contributed by atoms with Crippen molar-refractivity contribution in [2.75, 3.05) is 6.54 Å². The molecule has 1 aromatic carbocycles. The van der Waals surface area contributed by atoms with Crippen LogP contribution >= 0.6 is 0 Å². The Kier molecular flexibility index (Phi) is 7.65. The van der Waals surface area contributed by atoms with E-state index in [1.807, 2.05) is 30.3 Å². The minimum absolute atomic E-state index is 0.0633. The van der Waals surface area contributed by atoms with Gasteiger partial charge in [0.2, 0.25) is 11.8 Å². The molecule has 35 heavy (non-hydrogen) atoms. The Balaban J connectivity index is 1.29. The van der Waals surface area contributed by atoms with Crippen LogP contribution in [-0.4, -0.2) is 49.2 Å². The third kappa shape index (κ3) is 5.44. The summed E-state index contributed by atoms with van der Waals surface area (Å²) in [6.45, 7) is 11.2. The number of aryl methyl sites for hydroxylation is 1. The van der Waals surface area contributed by atoms with E-state index in [1.165, 1.54) is 6.42 Å². The highest BCUT2D eigenvalue weighted by Crippen LogP contribution is 2.65. The van der Waals surface area contributed by atoms with Gasteiger partial charge in [-0.25, -0.2) is 0 Å². The van der Waals surface area contributed by atoms with Gasteiger partial charge in [-0.3, -0.25) is 9.59 Å². The Bertz CT molecular complexity index is 911. The molecule has 4 aliphatic rings. The minimum Gasteiger partial charge on any atom is -0.404 e. The normalized spacial score (nSPS) is 30.3. The van der Waals surface area contributed by atoms with Crippen molar-refractivity contribution in [2.24, 2.45) is 28.9 Å². The van der Waals surface area contributed by atoms with Gasteiger partial charge in [-0.05, 0) is 61.3 Å². The molecule has 2 amide bonds. The molecule has 7 nitrogen and oxygen atoms in total. The lowest BCUT2D eigenvalue weighted by atomic mass is 9.43. The summed E-state index contributed by atoms with van der Waals surface area (Å²) >= 11 is 0. The first-order valence-electron chi connectivity index (χ1n) is 13.2. The van der Waals surface area contributed by atoms with Crippen LogP contribution in [0.3, 0.4) is 0 Å². The number of carbonyl (C=O) groups is 2. The van der Waals surface area contributed by atoms with Gasteiger partial charge in [-0.15, -0.1) is 0 Å². The highest BCUT2D eigenvalue weighted by Gasteiger charge is 2.68. The van der Waals surface area contributed by atoms with Gasteiger partial charge in [-0.1, -0.05) is 58.0 Å². The Hall–Kier alpha value is -1.90. The van der Waals surface area contributed by atoms with Crippen LogP contribution in [-0.2, 0) is 25.3 Å². The average molecular weight is 483 g/mol. The Morgan fingerprint density at radius 1 is 1.17 bits per heavy atom. The second kappa shape index (κ2) is 10.2. The monoisotopic (exact) mass is 483 g/mol. The lowest BCUT2D eigenvalue weighted by molar-refractivity contribution is -0.199. The summed E-state index contributed by atoms with van der Waals surface area (Å²) in [5.74, 6) is 0.789. The molecule has 3 aliphatic carbocycles. The lowest BCUT2D eigenvalue weighted by Gasteiger charge is -2.64. The number of benzene rings is 1. The number of hydrogen-bond donors (Lipinski definition) is 3. The molecule has 192 valence electrons. The van der Waals surface area contributed by atoms with Crippen molar-refractivity contribution < 1.29 is 18.9 Å². The van der Waals surface area contributed by atoms with Gasteiger partial charge in [0.15, 0.2) is 0 Å². The van der Waals surface area contributed by atoms with Crippen LogP contribution in [0, 0.1) is 23.2 Å². The summed E-state index contributed by atoms with van der Waals surface area (Å²) in [6, 6.07) is 9.02. The van der Waals surface area contributed by atoms with E-state index in [-0.39, 0.29) is 41.4 Å². The van der Waals surface area contributed by atoms with Crippen LogP contribution in [0.25, 0.3) is 0 Å². The van der Waals surface area contributed by atoms with Crippen molar-refractivity contribution in [1.82, 2.24) is 10.6 Å². The number of nitrogens with one attached hydrogen (secondary N) is 2. The molecule has 3 saturated carbocycles. The summed E-state index contributed by atoms with van der Waals surface area (Å²) in [5.41, 5.74) is 7.20. The number of carbonyl (C=O) groups excluding carboxylic acids is 2. The highest BCUT2D eigenvalue weighted by molar-refractivity contribution is 6.47. The van der Waals surface area contributed by atoms with Gasteiger partial charge < -0.3 is 25.7 Å². The standard InChI is InChI=1S/C27H42BN3O4/c1-17(2)13-23(28-34-22-15-19-14-21(26(19,3)4)27(22,5)35-28)31-25(33)20(29)16-30-24(32)12-11-18-9-7-6-8-10-18/h6-10,17,19-23H,11-16,29H2,1-5H3,(H,30,32)(H,31,33)/t19-,20-,21-,22+,23-,27-/m0/s1. The first kappa shape index (κ1) is 26.2. The van der Waals surface area contributed by atoms with E-state index < -0.39 is 13.2 Å². The second-order valence-corrected chi connectivity index (χ2v) is 12.0. The zero-order valence-corrected chi connectivity index (χ0v) is 21.9. The topological polar surface area (TPSA) is 103 Å². The fourth-order valence-electron chi connectivity index (χ4n) is 6.41. The maximum Gasteiger partial charge on any atom is 0.481 e. The molecule has 1 aromatic rings. The minimum atomic E-state index is -0.837. The zero-order chi connectivity index (χ0) is 25.4. The fourth-order valence-corrected chi connectivity index (χ4v) is 6.41. The first-order valence-corrected chi connectivity index (χ1v) is 13.2. The molecule has 4 N–H and O–H groups in total. The molecule has 4 fully saturated rings. The average Bonchev–Trinajstić information content (AvgIpc) is 3.18. The largest absolute Gasteiger partial charge is 0.481 e. The smallest absolute Gasteiger partial charge is 0.404 e. The molecule has 1 aliphatic heterocycles. The molecular weight excluding hydrogens is 441 g/mol. The van der Waals surface area contributed by atoms with Crippen LogP contribution in [0.2, 0.25) is 0 Å². The van der Waals surface area contributed by atoms with Gasteiger partial charge in [0.25, 0.3) is 0 Å². The van der Waals surface area contributed by atoms with Crippen molar-refractivity contribution in [3.05, 3.63) is 35.9 Å². The molecule has 0 aromatic heterocycles. The predicted octanol–water partition coefficient (Wildman–Crippen LogP) is 2.86. The second-order valence-electron chi connectivity index (χ2n) is 12.0. The molecule has 0 radical (unpaired) electrons. The SMILES string of the molecule is CC(C)C[C@H](NC(=O)[C@@H](N)CNC(=O)CCc1ccccc1)B1O[C@@H]2C[C@@H]3C[C@@H](C3(C)C)[C@]2(C)O1. The van der Waals surface area contributed by atoms with Crippen LogP contribution in [0.1, 0.15) is 65.9 Å². The molecule has 2 bridgehead atoms. The molecule has 1 heterocycles. The summed E-state index contributed by atoms with van der Waals surface area (Å²) in [4.78, 5) is 25.2. The fraction of sp³-hybridized carbons (Fsp3) is 0.704. The van der Waals surface area contributed by atoms with E-state index in [2.05, 4.69) is 45.3 Å². The van der Waals surface area contributed by atoms with Crippen LogP contribution in [0.5, 0.6) is 0 Å². The Morgan fingerprint density at radius 2 is 1.89 bits per heavy atom. The quantitative estimate of drug-likeness (QED) is 0.444. The molecule has 0 unspecified atom stereocenters. The van der Waals surface area contributed by atoms with Crippen LogP contribution in [0.15, 0.2) is 30.3 Å².